The molecule has 0 atom stereocenters. The first-order chi connectivity index (χ1) is 11.3. The number of para-hydroxylation sites is 1. The van der Waals surface area contributed by atoms with Crippen molar-refractivity contribution in [3.63, 3.8) is 0 Å². The van der Waals surface area contributed by atoms with Gasteiger partial charge in [0, 0.05) is 24.2 Å². The van der Waals surface area contributed by atoms with Gasteiger partial charge in [0.15, 0.2) is 0 Å². The molecule has 0 aromatic heterocycles. The van der Waals surface area contributed by atoms with Crippen LogP contribution in [0, 0.1) is 0 Å². The lowest BCUT2D eigenvalue weighted by atomic mass is 10.2. The molecule has 0 bridgehead atoms. The number of nitrogens with one attached hydrogen (secondary N) is 2. The third-order valence-corrected chi connectivity index (χ3v) is 3.11. The highest BCUT2D eigenvalue weighted by atomic mass is 16.5. The van der Waals surface area contributed by atoms with Gasteiger partial charge < -0.3 is 20.1 Å². The van der Waals surface area contributed by atoms with Gasteiger partial charge in [-0.2, -0.15) is 0 Å². The Morgan fingerprint density at radius 1 is 0.913 bits per heavy atom. The van der Waals surface area contributed by atoms with Gasteiger partial charge in [0.1, 0.15) is 0 Å². The van der Waals surface area contributed by atoms with Crippen molar-refractivity contribution in [3.8, 4) is 0 Å². The summed E-state index contributed by atoms with van der Waals surface area (Å²) in [5, 5.41) is 6.16. The minimum absolute atomic E-state index is 0.0701. The zero-order valence-corrected chi connectivity index (χ0v) is 13.2. The van der Waals surface area contributed by atoms with Crippen LogP contribution in [0.5, 0.6) is 0 Å². The second-order valence-electron chi connectivity index (χ2n) is 4.98. The average molecular weight is 314 g/mol. The fourth-order valence-corrected chi connectivity index (χ4v) is 2.00. The number of amides is 1. The van der Waals surface area contributed by atoms with Gasteiger partial charge in [-0.05, 0) is 30.3 Å². The van der Waals surface area contributed by atoms with Gasteiger partial charge in [-0.1, -0.05) is 24.3 Å². The van der Waals surface area contributed by atoms with Crippen molar-refractivity contribution in [1.82, 2.24) is 0 Å². The molecule has 23 heavy (non-hydrogen) atoms. The van der Waals surface area contributed by atoms with E-state index in [-0.39, 0.29) is 5.91 Å². The Balaban J connectivity index is 1.81. The molecule has 0 fully saturated rings. The van der Waals surface area contributed by atoms with Crippen LogP contribution in [-0.4, -0.2) is 32.8 Å². The predicted octanol–water partition coefficient (Wildman–Crippen LogP) is 3.42. The van der Waals surface area contributed by atoms with E-state index in [2.05, 4.69) is 10.6 Å². The van der Waals surface area contributed by atoms with E-state index in [1.807, 2.05) is 54.6 Å². The van der Waals surface area contributed by atoms with Crippen molar-refractivity contribution in [2.24, 2.45) is 0 Å². The summed E-state index contributed by atoms with van der Waals surface area (Å²) in [7, 11) is 1.62. The van der Waals surface area contributed by atoms with Crippen LogP contribution in [0.15, 0.2) is 54.6 Å². The topological polar surface area (TPSA) is 59.6 Å². The Morgan fingerprint density at radius 3 is 2.43 bits per heavy atom. The molecule has 2 rings (SSSR count). The summed E-state index contributed by atoms with van der Waals surface area (Å²) in [5.41, 5.74) is 2.68. The molecule has 0 aliphatic rings. The van der Waals surface area contributed by atoms with Gasteiger partial charge in [-0.25, -0.2) is 0 Å². The SMILES string of the molecule is COCCOCCC(=O)Nc1cccc(Nc2ccccc2)c1. The number of methoxy groups -OCH3 is 1. The predicted molar refractivity (Wildman–Crippen MR) is 92.1 cm³/mol. The van der Waals surface area contributed by atoms with Gasteiger partial charge in [-0.3, -0.25) is 4.79 Å². The third-order valence-electron chi connectivity index (χ3n) is 3.11. The Morgan fingerprint density at radius 2 is 1.65 bits per heavy atom. The molecule has 0 heterocycles. The summed E-state index contributed by atoms with van der Waals surface area (Å²) < 4.78 is 10.2. The van der Waals surface area contributed by atoms with E-state index in [9.17, 15) is 4.79 Å². The first-order valence-electron chi connectivity index (χ1n) is 7.56. The number of rotatable bonds is 9. The van der Waals surface area contributed by atoms with Crippen LogP contribution in [-0.2, 0) is 14.3 Å². The Kier molecular flexibility index (Phi) is 7.10. The molecule has 0 saturated carbocycles. The van der Waals surface area contributed by atoms with Gasteiger partial charge >= 0.3 is 0 Å². The van der Waals surface area contributed by atoms with E-state index >= 15 is 0 Å². The summed E-state index contributed by atoms with van der Waals surface area (Å²) in [6.07, 6.45) is 0.319. The second kappa shape index (κ2) is 9.61. The molecule has 5 heteroatoms. The van der Waals surface area contributed by atoms with Crippen molar-refractivity contribution in [3.05, 3.63) is 54.6 Å². The van der Waals surface area contributed by atoms with Crippen molar-refractivity contribution in [2.75, 3.05) is 37.6 Å². The van der Waals surface area contributed by atoms with Crippen LogP contribution in [0.3, 0.4) is 0 Å². The van der Waals surface area contributed by atoms with Crippen molar-refractivity contribution < 1.29 is 14.3 Å². The monoisotopic (exact) mass is 314 g/mol. The summed E-state index contributed by atoms with van der Waals surface area (Å²) in [4.78, 5) is 11.9. The van der Waals surface area contributed by atoms with E-state index in [0.717, 1.165) is 17.1 Å². The smallest absolute Gasteiger partial charge is 0.226 e. The first kappa shape index (κ1) is 17.0. The van der Waals surface area contributed by atoms with Gasteiger partial charge in [0.2, 0.25) is 5.91 Å². The van der Waals surface area contributed by atoms with E-state index in [0.29, 0.717) is 26.2 Å². The van der Waals surface area contributed by atoms with Crippen LogP contribution in [0.1, 0.15) is 6.42 Å². The van der Waals surface area contributed by atoms with Gasteiger partial charge in [0.25, 0.3) is 0 Å². The standard InChI is InChI=1S/C18H22N2O3/c1-22-12-13-23-11-10-18(21)20-17-9-5-8-16(14-17)19-15-6-3-2-4-7-15/h2-9,14,19H,10-13H2,1H3,(H,20,21). The maximum atomic E-state index is 11.9. The van der Waals surface area contributed by atoms with E-state index in [1.54, 1.807) is 7.11 Å². The highest BCUT2D eigenvalue weighted by molar-refractivity contribution is 5.91. The lowest BCUT2D eigenvalue weighted by Crippen LogP contribution is -2.15. The summed E-state index contributed by atoms with van der Waals surface area (Å²) >= 11 is 0. The number of anilines is 3. The molecule has 0 radical (unpaired) electrons. The summed E-state index contributed by atoms with van der Waals surface area (Å²) in [6, 6.07) is 17.5. The first-order valence-corrected chi connectivity index (χ1v) is 7.56. The lowest BCUT2D eigenvalue weighted by molar-refractivity contribution is -0.117. The van der Waals surface area contributed by atoms with Crippen molar-refractivity contribution in [2.45, 2.75) is 6.42 Å². The fraction of sp³-hybridized carbons (Fsp3) is 0.278. The minimum atomic E-state index is -0.0701. The quantitative estimate of drug-likeness (QED) is 0.696. The van der Waals surface area contributed by atoms with Gasteiger partial charge in [0.05, 0.1) is 26.2 Å². The number of carbonyl (C=O) groups is 1. The van der Waals surface area contributed by atoms with Crippen LogP contribution in [0.25, 0.3) is 0 Å². The van der Waals surface area contributed by atoms with Crippen LogP contribution in [0.4, 0.5) is 17.1 Å². The maximum absolute atomic E-state index is 11.9. The van der Waals surface area contributed by atoms with E-state index in [1.165, 1.54) is 0 Å². The molecular formula is C18H22N2O3. The Bertz CT molecular complexity index is 602. The molecule has 0 spiro atoms. The molecule has 122 valence electrons. The van der Waals surface area contributed by atoms with Crippen LogP contribution < -0.4 is 10.6 Å². The molecule has 1 amide bonds. The molecule has 2 aromatic rings. The van der Waals surface area contributed by atoms with Crippen LogP contribution in [0.2, 0.25) is 0 Å². The zero-order chi connectivity index (χ0) is 16.3. The fourth-order valence-electron chi connectivity index (χ4n) is 2.00. The normalized spacial score (nSPS) is 10.3. The van der Waals surface area contributed by atoms with Crippen molar-refractivity contribution >= 4 is 23.0 Å². The van der Waals surface area contributed by atoms with E-state index in [4.69, 9.17) is 9.47 Å². The molecule has 0 aliphatic carbocycles. The summed E-state index contributed by atoms with van der Waals surface area (Å²) in [5.74, 6) is -0.0701. The van der Waals surface area contributed by atoms with Crippen LogP contribution >= 0.6 is 0 Å². The molecule has 0 unspecified atom stereocenters. The molecule has 0 saturated heterocycles. The highest BCUT2D eigenvalue weighted by Gasteiger charge is 2.03. The van der Waals surface area contributed by atoms with Gasteiger partial charge in [-0.15, -0.1) is 0 Å². The summed E-state index contributed by atoms with van der Waals surface area (Å²) in [6.45, 7) is 1.42. The molecule has 2 aromatic carbocycles. The molecule has 0 aliphatic heterocycles. The molecule has 5 nitrogen and oxygen atoms in total. The second-order valence-corrected chi connectivity index (χ2v) is 4.98. The third kappa shape index (κ3) is 6.50. The average Bonchev–Trinajstić information content (AvgIpc) is 2.56. The number of hydrogen-bond donors (Lipinski definition) is 2. The zero-order valence-electron chi connectivity index (χ0n) is 13.2. The Labute approximate surface area is 136 Å². The number of benzene rings is 2. The van der Waals surface area contributed by atoms with Crippen molar-refractivity contribution in [1.29, 1.82) is 0 Å². The molecule has 2 N–H and O–H groups in total. The number of carbonyl (C=O) groups excluding carboxylic acids is 1. The largest absolute Gasteiger partial charge is 0.382 e. The minimum Gasteiger partial charge on any atom is -0.382 e. The Hall–Kier alpha value is -2.37. The molecular weight excluding hydrogens is 292 g/mol. The van der Waals surface area contributed by atoms with E-state index < -0.39 is 0 Å². The highest BCUT2D eigenvalue weighted by Crippen LogP contribution is 2.19. The number of hydrogen-bond acceptors (Lipinski definition) is 4. The lowest BCUT2D eigenvalue weighted by Gasteiger charge is -2.10. The maximum Gasteiger partial charge on any atom is 0.226 e. The number of ether oxygens (including phenoxy) is 2.